The van der Waals surface area contributed by atoms with Crippen molar-refractivity contribution in [2.24, 2.45) is 30.7 Å². The topological polar surface area (TPSA) is 234 Å². The molecule has 4 N–H and O–H groups in total. The Balaban J connectivity index is 1.09. The third-order valence-electron chi connectivity index (χ3n) is 10.1. The van der Waals surface area contributed by atoms with Crippen LogP contribution in [0.25, 0.3) is 21.5 Å². The van der Waals surface area contributed by atoms with Crippen LogP contribution in [-0.2, 0) is 20.2 Å². The van der Waals surface area contributed by atoms with Crippen molar-refractivity contribution in [3.63, 3.8) is 0 Å². The van der Waals surface area contributed by atoms with Crippen molar-refractivity contribution in [3.05, 3.63) is 132 Å². The summed E-state index contributed by atoms with van der Waals surface area (Å²) >= 11 is 0. The van der Waals surface area contributed by atoms with Crippen LogP contribution in [-0.4, -0.2) is 44.8 Å². The lowest BCUT2D eigenvalue weighted by atomic mass is 10.1. The highest BCUT2D eigenvalue weighted by Gasteiger charge is 2.23. The Morgan fingerprint density at radius 1 is 0.547 bits per heavy atom. The van der Waals surface area contributed by atoms with Crippen molar-refractivity contribution in [3.8, 4) is 17.2 Å². The molecule has 7 rings (SSSR count). The van der Waals surface area contributed by atoms with Gasteiger partial charge >= 0.3 is 0 Å². The zero-order chi connectivity index (χ0) is 45.9. The van der Waals surface area contributed by atoms with Gasteiger partial charge in [0.1, 0.15) is 27.0 Å². The average Bonchev–Trinajstić information content (AvgIpc) is 3.25. The van der Waals surface area contributed by atoms with Gasteiger partial charge in [-0.2, -0.15) is 42.4 Å². The van der Waals surface area contributed by atoms with Crippen LogP contribution in [0.3, 0.4) is 0 Å². The van der Waals surface area contributed by atoms with Crippen molar-refractivity contribution < 1.29 is 40.5 Å². The summed E-state index contributed by atoms with van der Waals surface area (Å²) < 4.78 is 80.4. The van der Waals surface area contributed by atoms with Crippen LogP contribution in [0.15, 0.2) is 144 Å². The van der Waals surface area contributed by atoms with E-state index in [1.54, 1.807) is 39.2 Å². The number of fused-ring (bicyclic) bond motifs is 2. The number of nitrogens with one attached hydrogen (secondary N) is 1. The first-order valence-electron chi connectivity index (χ1n) is 19.5. The molecule has 64 heavy (non-hydrogen) atoms. The van der Waals surface area contributed by atoms with E-state index >= 15 is 0 Å². The van der Waals surface area contributed by atoms with E-state index in [0.717, 1.165) is 45.8 Å². The Labute approximate surface area is 369 Å². The van der Waals surface area contributed by atoms with Gasteiger partial charge in [0, 0.05) is 33.6 Å². The van der Waals surface area contributed by atoms with Crippen molar-refractivity contribution in [2.45, 2.75) is 43.9 Å². The van der Waals surface area contributed by atoms with Crippen LogP contribution in [0, 0.1) is 34.6 Å². The summed E-state index contributed by atoms with van der Waals surface area (Å²) in [6.45, 7) is 12.7. The molecule has 0 aliphatic heterocycles. The predicted octanol–water partition coefficient (Wildman–Crippen LogP) is 12.9. The highest BCUT2D eigenvalue weighted by Crippen LogP contribution is 2.40. The Morgan fingerprint density at radius 3 is 1.58 bits per heavy atom. The molecule has 0 heterocycles. The average molecular weight is 900 g/mol. The molecule has 0 amide bonds. The molecule has 0 aromatic heterocycles. The monoisotopic (exact) mass is 899 g/mol. The maximum absolute atomic E-state index is 12.5. The van der Waals surface area contributed by atoms with Crippen LogP contribution >= 0.6 is 0 Å². The number of anilines is 2. The van der Waals surface area contributed by atoms with E-state index in [-0.39, 0.29) is 41.0 Å². The van der Waals surface area contributed by atoms with E-state index in [9.17, 15) is 31.0 Å². The summed E-state index contributed by atoms with van der Waals surface area (Å²) in [5.74, 6) is 0.679. The largest absolute Gasteiger partial charge is 0.505 e. The molecule has 0 atom stereocenters. The number of hydrogen-bond acceptors (Lipinski definition) is 14. The molecule has 7 aromatic carbocycles. The molecular formula is C46H41N7O9S2. The van der Waals surface area contributed by atoms with Gasteiger partial charge in [-0.3, -0.25) is 9.11 Å². The number of phenolic OH excluding ortho intramolecular Hbond substituents is 1. The fourth-order valence-electron chi connectivity index (χ4n) is 6.73. The van der Waals surface area contributed by atoms with Gasteiger partial charge in [-0.1, -0.05) is 6.07 Å². The van der Waals surface area contributed by atoms with E-state index in [4.69, 9.17) is 16.4 Å². The zero-order valence-electron chi connectivity index (χ0n) is 35.1. The van der Waals surface area contributed by atoms with Gasteiger partial charge in [-0.05, 0) is 160 Å². The number of hydrogen-bond donors (Lipinski definition) is 4. The zero-order valence-corrected chi connectivity index (χ0v) is 36.7. The standard InChI is InChI=1S/C46H41N7O9S2/c1-7-16-62-35-24-38-37(45(25-35)64(58,59)60)22-33(23-44(38)63(55,56)57)48-50-40-17-27(3)42(18-26(40)2)52-53-43-20-28(4)41(19-29(43)5)51-49-39-15-8-30-21-32(11-14-36(30)46(39)54)47-31-9-12-34(61-6)13-10-31/h1,8-15,17-25,47,54H,7,16H2,2-6H3,(H,55,56,57)(H,58,59,60). The number of azo groups is 3. The molecule has 7 aromatic rings. The van der Waals surface area contributed by atoms with E-state index < -0.39 is 30.0 Å². The van der Waals surface area contributed by atoms with Crippen LogP contribution in [0.2, 0.25) is 0 Å². The third kappa shape index (κ3) is 10.1. The second-order valence-electron chi connectivity index (χ2n) is 14.7. The summed E-state index contributed by atoms with van der Waals surface area (Å²) in [5.41, 5.74) is 6.90. The second-order valence-corrected chi connectivity index (χ2v) is 17.5. The van der Waals surface area contributed by atoms with Crippen molar-refractivity contribution >= 4 is 87.3 Å². The molecule has 16 nitrogen and oxygen atoms in total. The van der Waals surface area contributed by atoms with E-state index in [0.29, 0.717) is 45.0 Å². The van der Waals surface area contributed by atoms with Crippen LogP contribution in [0.5, 0.6) is 17.2 Å². The van der Waals surface area contributed by atoms with Gasteiger partial charge in [-0.15, -0.1) is 5.11 Å². The Hall–Kier alpha value is -7.12. The Kier molecular flexibility index (Phi) is 12.8. The van der Waals surface area contributed by atoms with Gasteiger partial charge < -0.3 is 19.9 Å². The third-order valence-corrected chi connectivity index (χ3v) is 11.9. The quantitative estimate of drug-likeness (QED) is 0.0595. The number of nitrogens with zero attached hydrogens (tertiary/aromatic N) is 6. The van der Waals surface area contributed by atoms with Crippen LogP contribution in [0.4, 0.5) is 45.5 Å². The van der Waals surface area contributed by atoms with Gasteiger partial charge in [0.05, 0.1) is 42.2 Å². The molecule has 0 bridgehead atoms. The summed E-state index contributed by atoms with van der Waals surface area (Å²) in [7, 11) is -8.21. The molecule has 0 unspecified atom stereocenters. The van der Waals surface area contributed by atoms with E-state index in [1.165, 1.54) is 12.1 Å². The molecule has 2 radical (unpaired) electrons. The van der Waals surface area contributed by atoms with E-state index in [2.05, 4.69) is 36.0 Å². The first kappa shape index (κ1) is 44.9. The van der Waals surface area contributed by atoms with Gasteiger partial charge in [0.25, 0.3) is 20.2 Å². The lowest BCUT2D eigenvalue weighted by Gasteiger charge is -2.12. The predicted molar refractivity (Wildman–Crippen MR) is 244 cm³/mol. The Bertz CT molecular complexity index is 3280. The number of benzene rings is 7. The highest BCUT2D eigenvalue weighted by atomic mass is 32.2. The normalized spacial score (nSPS) is 12.3. The fourth-order valence-corrected chi connectivity index (χ4v) is 8.16. The number of aryl methyl sites for hydroxylation is 4. The van der Waals surface area contributed by atoms with Crippen molar-refractivity contribution in [1.29, 1.82) is 0 Å². The summed E-state index contributed by atoms with van der Waals surface area (Å²) in [5, 5.41) is 41.7. The van der Waals surface area contributed by atoms with Crippen molar-refractivity contribution in [2.75, 3.05) is 19.0 Å². The first-order valence-corrected chi connectivity index (χ1v) is 22.3. The number of rotatable bonds is 14. The molecule has 0 saturated carbocycles. The number of ether oxygens (including phenoxy) is 2. The van der Waals surface area contributed by atoms with Gasteiger partial charge in [-0.25, -0.2) is 0 Å². The first-order chi connectivity index (χ1) is 30.4. The van der Waals surface area contributed by atoms with E-state index in [1.807, 2.05) is 74.5 Å². The summed E-state index contributed by atoms with van der Waals surface area (Å²) in [4.78, 5) is -1.34. The minimum Gasteiger partial charge on any atom is -0.505 e. The van der Waals surface area contributed by atoms with Crippen LogP contribution < -0.4 is 14.8 Å². The molecule has 0 spiro atoms. The smallest absolute Gasteiger partial charge is 0.295 e. The second kappa shape index (κ2) is 18.3. The SMILES string of the molecule is [CH]CCOc1cc(S(=O)(=O)O)c2cc(N=Nc3cc(C)c(N=Nc4cc(C)c(N=Nc5ccc6cc(Nc7ccc(OC)cc7)ccc6c5O)cc4C)cc3C)cc(S(=O)(=O)O)c2c1. The maximum atomic E-state index is 12.5. The Morgan fingerprint density at radius 2 is 1.05 bits per heavy atom. The number of phenols is 1. The molecular weight excluding hydrogens is 859 g/mol. The molecule has 0 aliphatic carbocycles. The summed E-state index contributed by atoms with van der Waals surface area (Å²) in [6.07, 6.45) is 0.0742. The van der Waals surface area contributed by atoms with Gasteiger partial charge in [0.15, 0.2) is 5.75 Å². The fraction of sp³-hybridized carbons (Fsp3) is 0.152. The molecule has 18 heteroatoms. The molecule has 0 aliphatic rings. The highest BCUT2D eigenvalue weighted by molar-refractivity contribution is 7.86. The molecule has 326 valence electrons. The molecule has 0 saturated heterocycles. The van der Waals surface area contributed by atoms with Crippen molar-refractivity contribution in [1.82, 2.24) is 0 Å². The molecule has 0 fully saturated rings. The summed E-state index contributed by atoms with van der Waals surface area (Å²) in [6, 6.07) is 28.4. The minimum absolute atomic E-state index is 0.00769. The lowest BCUT2D eigenvalue weighted by molar-refractivity contribution is 0.323. The number of methoxy groups -OCH3 is 1. The maximum Gasteiger partial charge on any atom is 0.295 e. The minimum atomic E-state index is -4.93. The van der Waals surface area contributed by atoms with Crippen LogP contribution in [0.1, 0.15) is 28.7 Å². The number of aromatic hydroxyl groups is 1. The van der Waals surface area contributed by atoms with Gasteiger partial charge in [0.2, 0.25) is 0 Å². The lowest BCUT2D eigenvalue weighted by Crippen LogP contribution is -2.05.